The number of hydrogen-bond donors (Lipinski definition) is 4. The van der Waals surface area contributed by atoms with Gasteiger partial charge >= 0.3 is 11.9 Å². The predicted octanol–water partition coefficient (Wildman–Crippen LogP) is 2.80. The first-order valence-electron chi connectivity index (χ1n) is 9.00. The molecule has 2 heterocycles. The van der Waals surface area contributed by atoms with E-state index in [0.717, 1.165) is 35.0 Å². The van der Waals surface area contributed by atoms with Crippen molar-refractivity contribution in [3.8, 4) is 11.4 Å². The topological polar surface area (TPSA) is 150 Å². The van der Waals surface area contributed by atoms with Crippen LogP contribution in [0.2, 0.25) is 5.02 Å². The summed E-state index contributed by atoms with van der Waals surface area (Å²) in [5.41, 5.74) is -3.07. The molecular formula is C20H12ClF3N4O6. The maximum absolute atomic E-state index is 13.6. The number of aromatic nitrogens is 4. The Morgan fingerprint density at radius 3 is 1.76 bits per heavy atom. The van der Waals surface area contributed by atoms with Crippen molar-refractivity contribution in [1.29, 1.82) is 0 Å². The van der Waals surface area contributed by atoms with Crippen molar-refractivity contribution >= 4 is 23.5 Å². The Kier molecular flexibility index (Phi) is 6.77. The summed E-state index contributed by atoms with van der Waals surface area (Å²) in [5.74, 6) is -5.42. The summed E-state index contributed by atoms with van der Waals surface area (Å²) in [5, 5.41) is 21.5. The number of H-pyrrole nitrogens is 2. The average molecular weight is 497 g/mol. The van der Waals surface area contributed by atoms with E-state index in [1.165, 1.54) is 18.2 Å². The van der Waals surface area contributed by atoms with Gasteiger partial charge in [0.2, 0.25) is 0 Å². The molecule has 0 saturated carbocycles. The minimum absolute atomic E-state index is 0.130. The van der Waals surface area contributed by atoms with Gasteiger partial charge in [-0.2, -0.15) is 0 Å². The van der Waals surface area contributed by atoms with Crippen LogP contribution < -0.4 is 11.1 Å². The predicted molar refractivity (Wildman–Crippen MR) is 112 cm³/mol. The van der Waals surface area contributed by atoms with Crippen molar-refractivity contribution < 1.29 is 33.0 Å². The summed E-state index contributed by atoms with van der Waals surface area (Å²) in [6, 6.07) is 8.76. The van der Waals surface area contributed by atoms with E-state index in [2.05, 4.69) is 10.2 Å². The van der Waals surface area contributed by atoms with Crippen LogP contribution >= 0.6 is 11.6 Å². The summed E-state index contributed by atoms with van der Waals surface area (Å²) in [6.45, 7) is 0. The Morgan fingerprint density at radius 2 is 1.26 bits per heavy atom. The molecule has 10 nitrogen and oxygen atoms in total. The third-order valence-electron chi connectivity index (χ3n) is 4.23. The fourth-order valence-electron chi connectivity index (χ4n) is 2.72. The summed E-state index contributed by atoms with van der Waals surface area (Å²) in [7, 11) is 0. The smallest absolute Gasteiger partial charge is 0.353 e. The van der Waals surface area contributed by atoms with Gasteiger partial charge in [0.1, 0.15) is 22.8 Å². The van der Waals surface area contributed by atoms with Crippen LogP contribution in [-0.4, -0.2) is 41.7 Å². The minimum atomic E-state index is -1.39. The molecule has 0 aliphatic carbocycles. The molecule has 0 amide bonds. The fraction of sp³-hybridized carbons (Fsp3) is 0. The van der Waals surface area contributed by atoms with E-state index in [0.29, 0.717) is 4.68 Å². The van der Waals surface area contributed by atoms with Crippen LogP contribution in [0.4, 0.5) is 13.2 Å². The van der Waals surface area contributed by atoms with E-state index in [1.807, 2.05) is 0 Å². The summed E-state index contributed by atoms with van der Waals surface area (Å²) in [4.78, 5) is 44.1. The second-order valence-electron chi connectivity index (χ2n) is 6.44. The van der Waals surface area contributed by atoms with Crippen LogP contribution in [0.15, 0.2) is 58.1 Å². The third-order valence-corrected chi connectivity index (χ3v) is 4.53. The zero-order valence-electron chi connectivity index (χ0n) is 16.6. The molecule has 4 rings (SSSR count). The van der Waals surface area contributed by atoms with Gasteiger partial charge in [0.25, 0.3) is 11.1 Å². The standard InChI is InChI=1S/C10H6ClFN2O3.C10H6F2N2O3/c11-5-2-1-3-7(9(5)12)14-8(15)4-6(13-14)10(16)17;11-5-2-1-3-6(12)9(5)14-8(15)4-7(13-14)10(16)17/h2*1-4,13H,(H,16,17). The molecule has 34 heavy (non-hydrogen) atoms. The van der Waals surface area contributed by atoms with Gasteiger partial charge in [-0.25, -0.2) is 32.1 Å². The Labute approximate surface area is 191 Å². The Morgan fingerprint density at radius 1 is 0.794 bits per heavy atom. The molecule has 0 bridgehead atoms. The average Bonchev–Trinajstić information content (AvgIpc) is 3.34. The van der Waals surface area contributed by atoms with Gasteiger partial charge in [-0.05, 0) is 24.3 Å². The van der Waals surface area contributed by atoms with Crippen LogP contribution in [0.1, 0.15) is 21.0 Å². The number of carbonyl (C=O) groups is 2. The van der Waals surface area contributed by atoms with Crippen molar-refractivity contribution in [2.24, 2.45) is 0 Å². The molecule has 2 aromatic heterocycles. The molecule has 0 spiro atoms. The van der Waals surface area contributed by atoms with Gasteiger partial charge < -0.3 is 10.2 Å². The molecule has 4 N–H and O–H groups in total. The maximum Gasteiger partial charge on any atom is 0.353 e. The number of carboxylic acids is 2. The fourth-order valence-corrected chi connectivity index (χ4v) is 2.89. The highest BCUT2D eigenvalue weighted by atomic mass is 35.5. The monoisotopic (exact) mass is 496 g/mol. The Balaban J connectivity index is 0.000000191. The molecule has 2 aromatic carbocycles. The first-order valence-corrected chi connectivity index (χ1v) is 9.38. The van der Waals surface area contributed by atoms with E-state index >= 15 is 0 Å². The number of aromatic amines is 2. The molecule has 4 aromatic rings. The zero-order valence-corrected chi connectivity index (χ0v) is 17.3. The number of hydrogen-bond acceptors (Lipinski definition) is 4. The number of para-hydroxylation sites is 1. The number of carboxylic acid groups (broad SMARTS) is 2. The second-order valence-corrected chi connectivity index (χ2v) is 6.85. The van der Waals surface area contributed by atoms with Crippen LogP contribution in [0.3, 0.4) is 0 Å². The lowest BCUT2D eigenvalue weighted by molar-refractivity contribution is 0.0679. The SMILES string of the molecule is O=C(O)c1cc(=O)n(-c2c(F)cccc2F)[nH]1.O=C(O)c1cc(=O)n(-c2cccc(Cl)c2F)[nH]1. The number of nitrogens with zero attached hydrogens (tertiary/aromatic N) is 2. The lowest BCUT2D eigenvalue weighted by atomic mass is 10.3. The van der Waals surface area contributed by atoms with Gasteiger partial charge in [-0.1, -0.05) is 23.7 Å². The van der Waals surface area contributed by atoms with E-state index in [4.69, 9.17) is 21.8 Å². The summed E-state index contributed by atoms with van der Waals surface area (Å²) >= 11 is 5.56. The molecule has 14 heteroatoms. The van der Waals surface area contributed by atoms with Gasteiger partial charge in [0.15, 0.2) is 17.5 Å². The van der Waals surface area contributed by atoms with Crippen LogP contribution in [0, 0.1) is 17.5 Å². The van der Waals surface area contributed by atoms with Crippen molar-refractivity contribution in [3.63, 3.8) is 0 Å². The van der Waals surface area contributed by atoms with Crippen molar-refractivity contribution in [2.45, 2.75) is 0 Å². The normalized spacial score (nSPS) is 10.5. The molecule has 0 unspecified atom stereocenters. The van der Waals surface area contributed by atoms with Gasteiger partial charge in [-0.3, -0.25) is 19.8 Å². The summed E-state index contributed by atoms with van der Waals surface area (Å²) < 4.78 is 41.6. The third kappa shape index (κ3) is 4.78. The highest BCUT2D eigenvalue weighted by molar-refractivity contribution is 6.30. The quantitative estimate of drug-likeness (QED) is 0.341. The highest BCUT2D eigenvalue weighted by Gasteiger charge is 2.17. The van der Waals surface area contributed by atoms with Crippen LogP contribution in [0.5, 0.6) is 0 Å². The maximum atomic E-state index is 13.6. The van der Waals surface area contributed by atoms with Crippen LogP contribution in [-0.2, 0) is 0 Å². The largest absolute Gasteiger partial charge is 0.477 e. The van der Waals surface area contributed by atoms with E-state index in [9.17, 15) is 32.3 Å². The Hall–Kier alpha value is -4.52. The minimum Gasteiger partial charge on any atom is -0.477 e. The van der Waals surface area contributed by atoms with Crippen molar-refractivity contribution in [3.05, 3.63) is 103 Å². The molecule has 176 valence electrons. The Bertz CT molecular complexity index is 1500. The number of rotatable bonds is 4. The van der Waals surface area contributed by atoms with E-state index in [1.54, 1.807) is 0 Å². The second kappa shape index (κ2) is 9.54. The number of aromatic carboxylic acids is 2. The molecule has 0 aliphatic rings. The number of halogens is 4. The molecule has 0 fully saturated rings. The molecule has 0 radical (unpaired) electrons. The number of nitrogens with one attached hydrogen (secondary N) is 2. The lowest BCUT2D eigenvalue weighted by Crippen LogP contribution is -2.16. The first kappa shape index (κ1) is 24.1. The van der Waals surface area contributed by atoms with E-state index < -0.39 is 51.9 Å². The van der Waals surface area contributed by atoms with Crippen molar-refractivity contribution in [1.82, 2.24) is 19.6 Å². The van der Waals surface area contributed by atoms with Gasteiger partial charge in [0, 0.05) is 12.1 Å². The van der Waals surface area contributed by atoms with E-state index in [-0.39, 0.29) is 16.4 Å². The van der Waals surface area contributed by atoms with Gasteiger partial charge in [0.05, 0.1) is 5.02 Å². The summed E-state index contributed by atoms with van der Waals surface area (Å²) in [6.07, 6.45) is 0. The highest BCUT2D eigenvalue weighted by Crippen LogP contribution is 2.19. The first-order chi connectivity index (χ1) is 16.0. The zero-order chi connectivity index (χ0) is 25.2. The van der Waals surface area contributed by atoms with Gasteiger partial charge in [-0.15, -0.1) is 0 Å². The molecule has 0 atom stereocenters. The molecular weight excluding hydrogens is 485 g/mol. The number of benzene rings is 2. The van der Waals surface area contributed by atoms with Crippen molar-refractivity contribution in [2.75, 3.05) is 0 Å². The van der Waals surface area contributed by atoms with Crippen LogP contribution in [0.25, 0.3) is 11.4 Å². The molecule has 0 saturated heterocycles. The molecule has 0 aliphatic heterocycles. The lowest BCUT2D eigenvalue weighted by Gasteiger charge is -2.04.